The minimum atomic E-state index is -3.63. The van der Waals surface area contributed by atoms with Gasteiger partial charge in [0.15, 0.2) is 15.8 Å². The lowest BCUT2D eigenvalue weighted by atomic mass is 9.95. The molecule has 22 heavy (non-hydrogen) atoms. The highest BCUT2D eigenvalue weighted by molar-refractivity contribution is 7.93. The summed E-state index contributed by atoms with van der Waals surface area (Å²) in [6.45, 7) is 4.90. The molecule has 2 rings (SSSR count). The highest BCUT2D eigenvalue weighted by Crippen LogP contribution is 2.49. The average Bonchev–Trinajstić information content (AvgIpc) is 2.51. The van der Waals surface area contributed by atoms with Gasteiger partial charge < -0.3 is 16.2 Å². The molecule has 0 saturated heterocycles. The van der Waals surface area contributed by atoms with Crippen molar-refractivity contribution in [1.82, 2.24) is 0 Å². The molecule has 1 aromatic carbocycles. The third kappa shape index (κ3) is 2.19. The van der Waals surface area contributed by atoms with E-state index in [2.05, 4.69) is 4.99 Å². The molecule has 120 valence electrons. The zero-order chi connectivity index (χ0) is 16.9. The van der Waals surface area contributed by atoms with Crippen LogP contribution in [0.3, 0.4) is 0 Å². The molecule has 1 aliphatic rings. The predicted molar refractivity (Wildman–Crippen MR) is 82.3 cm³/mol. The van der Waals surface area contributed by atoms with Crippen LogP contribution < -0.4 is 11.5 Å². The molecule has 0 aliphatic carbocycles. The minimum Gasteiger partial charge on any atom is -0.375 e. The lowest BCUT2D eigenvalue weighted by molar-refractivity contribution is 0.0783. The Morgan fingerprint density at radius 3 is 2.41 bits per heavy atom. The van der Waals surface area contributed by atoms with Gasteiger partial charge in [-0.1, -0.05) is 6.07 Å². The van der Waals surface area contributed by atoms with E-state index >= 15 is 0 Å². The summed E-state index contributed by atoms with van der Waals surface area (Å²) in [6.07, 6.45) is -0.599. The second kappa shape index (κ2) is 5.06. The van der Waals surface area contributed by atoms with E-state index in [1.54, 1.807) is 26.8 Å². The molecule has 0 spiro atoms. The van der Waals surface area contributed by atoms with Crippen LogP contribution >= 0.6 is 0 Å². The largest absolute Gasteiger partial charge is 0.375 e. The number of fused-ring (bicyclic) bond motifs is 1. The second-order valence-electron chi connectivity index (χ2n) is 5.77. The summed E-state index contributed by atoms with van der Waals surface area (Å²) in [4.78, 5) is 15.6. The van der Waals surface area contributed by atoms with E-state index in [-0.39, 0.29) is 16.4 Å². The topological polar surface area (TPSA) is 125 Å². The SMILES string of the molecule is COC1c2cc(C)c(C(=O)N=C(N)N)cc2S(=O)(=O)C1(C)C. The van der Waals surface area contributed by atoms with Crippen molar-refractivity contribution in [2.24, 2.45) is 16.5 Å². The van der Waals surface area contributed by atoms with Gasteiger partial charge in [-0.15, -0.1) is 0 Å². The average molecular weight is 325 g/mol. The molecular formula is C14H19N3O4S. The maximum absolute atomic E-state index is 12.7. The van der Waals surface area contributed by atoms with Crippen LogP contribution in [0.5, 0.6) is 0 Å². The highest BCUT2D eigenvalue weighted by Gasteiger charge is 2.52. The van der Waals surface area contributed by atoms with Crippen LogP contribution in [-0.2, 0) is 14.6 Å². The van der Waals surface area contributed by atoms with Crippen molar-refractivity contribution in [2.75, 3.05) is 7.11 Å². The molecule has 4 N–H and O–H groups in total. The van der Waals surface area contributed by atoms with Crippen molar-refractivity contribution in [1.29, 1.82) is 0 Å². The van der Waals surface area contributed by atoms with Gasteiger partial charge in [0, 0.05) is 18.2 Å². The van der Waals surface area contributed by atoms with Crippen molar-refractivity contribution < 1.29 is 17.9 Å². The quantitative estimate of drug-likeness (QED) is 0.608. The lowest BCUT2D eigenvalue weighted by Crippen LogP contribution is -2.33. The molecule has 1 aromatic rings. The Bertz CT molecular complexity index is 778. The Morgan fingerprint density at radius 1 is 1.32 bits per heavy atom. The molecule has 7 nitrogen and oxygen atoms in total. The standard InChI is InChI=1S/C14H19N3O4S/c1-7-5-9-10(6-8(7)12(18)17-13(15)16)22(19,20)14(2,3)11(9)21-4/h5-6,11H,1-4H3,(H4,15,16,17,18). The van der Waals surface area contributed by atoms with Crippen LogP contribution in [0.15, 0.2) is 22.0 Å². The van der Waals surface area contributed by atoms with E-state index in [1.165, 1.54) is 13.2 Å². The summed E-state index contributed by atoms with van der Waals surface area (Å²) >= 11 is 0. The zero-order valence-corrected chi connectivity index (χ0v) is 13.7. The fourth-order valence-electron chi connectivity index (χ4n) is 2.77. The summed E-state index contributed by atoms with van der Waals surface area (Å²) in [5, 5.41) is 0. The number of amides is 1. The van der Waals surface area contributed by atoms with Gasteiger partial charge in [-0.25, -0.2) is 8.42 Å². The number of aliphatic imine (C=N–C) groups is 1. The summed E-state index contributed by atoms with van der Waals surface area (Å²) in [7, 11) is -2.17. The van der Waals surface area contributed by atoms with Crippen molar-refractivity contribution in [3.8, 4) is 0 Å². The fourth-order valence-corrected chi connectivity index (χ4v) is 4.59. The molecule has 0 bridgehead atoms. The number of aryl methyl sites for hydroxylation is 1. The number of hydrogen-bond acceptors (Lipinski definition) is 4. The third-order valence-corrected chi connectivity index (χ3v) is 6.48. The van der Waals surface area contributed by atoms with E-state index in [4.69, 9.17) is 16.2 Å². The van der Waals surface area contributed by atoms with Crippen LogP contribution in [0.2, 0.25) is 0 Å². The summed E-state index contributed by atoms with van der Waals surface area (Å²) in [5.41, 5.74) is 11.7. The molecule has 0 saturated carbocycles. The van der Waals surface area contributed by atoms with Crippen LogP contribution in [0.1, 0.15) is 41.4 Å². The van der Waals surface area contributed by atoms with Gasteiger partial charge in [0.1, 0.15) is 10.9 Å². The van der Waals surface area contributed by atoms with Gasteiger partial charge in [-0.05, 0) is 32.4 Å². The first-order chi connectivity index (χ1) is 10.0. The van der Waals surface area contributed by atoms with Crippen LogP contribution in [0, 0.1) is 6.92 Å². The molecule has 1 aliphatic heterocycles. The van der Waals surface area contributed by atoms with Gasteiger partial charge >= 0.3 is 0 Å². The molecule has 1 heterocycles. The molecular weight excluding hydrogens is 306 g/mol. The van der Waals surface area contributed by atoms with E-state index in [1.807, 2.05) is 0 Å². The Morgan fingerprint density at radius 2 is 1.91 bits per heavy atom. The first-order valence-electron chi connectivity index (χ1n) is 6.60. The molecule has 0 fully saturated rings. The van der Waals surface area contributed by atoms with E-state index in [9.17, 15) is 13.2 Å². The molecule has 1 amide bonds. The van der Waals surface area contributed by atoms with Crippen molar-refractivity contribution >= 4 is 21.7 Å². The van der Waals surface area contributed by atoms with Gasteiger partial charge in [0.2, 0.25) is 0 Å². The molecule has 1 atom stereocenters. The smallest absolute Gasteiger partial charge is 0.280 e. The first-order valence-corrected chi connectivity index (χ1v) is 8.08. The van der Waals surface area contributed by atoms with E-state index < -0.39 is 26.6 Å². The maximum atomic E-state index is 12.7. The Kier molecular flexibility index (Phi) is 3.78. The van der Waals surface area contributed by atoms with Crippen LogP contribution in [0.4, 0.5) is 0 Å². The number of nitrogens with zero attached hydrogens (tertiary/aromatic N) is 1. The van der Waals surface area contributed by atoms with Gasteiger partial charge in [-0.3, -0.25) is 4.79 Å². The van der Waals surface area contributed by atoms with Crippen molar-refractivity contribution in [2.45, 2.75) is 36.5 Å². The predicted octanol–water partition coefficient (Wildman–Crippen LogP) is 0.662. The van der Waals surface area contributed by atoms with Crippen molar-refractivity contribution in [3.63, 3.8) is 0 Å². The lowest BCUT2D eigenvalue weighted by Gasteiger charge is -2.24. The molecule has 0 radical (unpaired) electrons. The zero-order valence-electron chi connectivity index (χ0n) is 12.9. The highest BCUT2D eigenvalue weighted by atomic mass is 32.2. The first kappa shape index (κ1) is 16.4. The monoisotopic (exact) mass is 325 g/mol. The number of hydrogen-bond donors (Lipinski definition) is 2. The number of sulfone groups is 1. The number of methoxy groups -OCH3 is 1. The molecule has 8 heteroatoms. The number of benzene rings is 1. The summed E-state index contributed by atoms with van der Waals surface area (Å²) in [6, 6.07) is 2.97. The fraction of sp³-hybridized carbons (Fsp3) is 0.429. The van der Waals surface area contributed by atoms with Gasteiger partial charge in [0.25, 0.3) is 5.91 Å². The Balaban J connectivity index is 2.73. The maximum Gasteiger partial charge on any atom is 0.280 e. The molecule has 1 unspecified atom stereocenters. The van der Waals surface area contributed by atoms with Crippen LogP contribution in [-0.4, -0.2) is 32.1 Å². The number of nitrogens with two attached hydrogens (primary N) is 2. The Labute approximate surface area is 129 Å². The van der Waals surface area contributed by atoms with Gasteiger partial charge in [0.05, 0.1) is 4.90 Å². The third-order valence-electron chi connectivity index (χ3n) is 3.95. The number of rotatable bonds is 2. The van der Waals surface area contributed by atoms with E-state index in [0.717, 1.165) is 0 Å². The minimum absolute atomic E-state index is 0.0871. The number of ether oxygens (including phenoxy) is 1. The van der Waals surface area contributed by atoms with Gasteiger partial charge in [-0.2, -0.15) is 4.99 Å². The second-order valence-corrected chi connectivity index (χ2v) is 8.27. The van der Waals surface area contributed by atoms with Crippen molar-refractivity contribution in [3.05, 3.63) is 28.8 Å². The van der Waals surface area contributed by atoms with E-state index in [0.29, 0.717) is 11.1 Å². The number of carbonyl (C=O) groups excluding carboxylic acids is 1. The number of guanidine groups is 1. The number of carbonyl (C=O) groups is 1. The molecule has 0 aromatic heterocycles. The van der Waals surface area contributed by atoms with Crippen LogP contribution in [0.25, 0.3) is 0 Å². The summed E-state index contributed by atoms with van der Waals surface area (Å²) in [5.74, 6) is -1.04. The Hall–Kier alpha value is -1.93. The normalized spacial score (nSPS) is 21.2. The summed E-state index contributed by atoms with van der Waals surface area (Å²) < 4.78 is 29.7.